The Morgan fingerprint density at radius 2 is 0.643 bits per heavy atom. The van der Waals surface area contributed by atoms with Crippen LogP contribution in [0.15, 0.2) is 146 Å². The standard InChI is InChI=1S/C38H30F2Si2/c1-27-23-37-33(25-35(27)39)34-26-36(40)28(2)24-38(34)42(31-19-11-5-12-20-31,32-21-13-6-14-22-32)41(37,29-15-7-3-8-16-29)30-17-9-4-10-18-30/h3-26H,1-2H3. The van der Waals surface area contributed by atoms with Crippen molar-refractivity contribution in [1.29, 1.82) is 0 Å². The molecule has 0 atom stereocenters. The highest BCUT2D eigenvalue weighted by Gasteiger charge is 2.65. The van der Waals surface area contributed by atoms with Gasteiger partial charge in [-0.25, -0.2) is 8.78 Å². The maximum atomic E-state index is 15.6. The van der Waals surface area contributed by atoms with Crippen LogP contribution in [0.4, 0.5) is 8.78 Å². The van der Waals surface area contributed by atoms with E-state index in [2.05, 4.69) is 133 Å². The molecule has 0 fully saturated rings. The lowest BCUT2D eigenvalue weighted by Crippen LogP contribution is -2.95. The highest BCUT2D eigenvalue weighted by atomic mass is 29.3. The molecule has 0 saturated heterocycles. The number of fused-ring (bicyclic) bond motifs is 3. The molecule has 1 aliphatic rings. The Morgan fingerprint density at radius 1 is 0.381 bits per heavy atom. The van der Waals surface area contributed by atoms with Crippen LogP contribution in [-0.2, 0) is 0 Å². The summed E-state index contributed by atoms with van der Waals surface area (Å²) in [6.45, 7) is 3.70. The van der Waals surface area contributed by atoms with Gasteiger partial charge in [-0.3, -0.25) is 0 Å². The first kappa shape index (κ1) is 26.5. The van der Waals surface area contributed by atoms with E-state index in [-0.39, 0.29) is 11.6 Å². The number of hydrogen-bond acceptors (Lipinski definition) is 0. The van der Waals surface area contributed by atoms with Crippen molar-refractivity contribution in [1.82, 2.24) is 0 Å². The molecule has 0 N–H and O–H groups in total. The minimum atomic E-state index is -3.11. The van der Waals surface area contributed by atoms with Crippen LogP contribution in [0.5, 0.6) is 0 Å². The zero-order chi connectivity index (χ0) is 28.9. The second-order valence-corrected chi connectivity index (χ2v) is 22.1. The van der Waals surface area contributed by atoms with Crippen LogP contribution in [0.1, 0.15) is 11.1 Å². The largest absolute Gasteiger partial charge is 0.207 e. The molecule has 0 aliphatic carbocycles. The summed E-state index contributed by atoms with van der Waals surface area (Å²) in [5.74, 6) is -0.531. The Morgan fingerprint density at radius 3 is 0.905 bits per heavy atom. The first-order valence-corrected chi connectivity index (χ1v) is 19.3. The number of rotatable bonds is 4. The van der Waals surface area contributed by atoms with Gasteiger partial charge >= 0.3 is 0 Å². The van der Waals surface area contributed by atoms with Crippen LogP contribution in [0, 0.1) is 25.5 Å². The van der Waals surface area contributed by atoms with Gasteiger partial charge in [0.05, 0.1) is 0 Å². The third-order valence-corrected chi connectivity index (χ3v) is 25.9. The topological polar surface area (TPSA) is 0 Å². The number of aryl methyl sites for hydroxylation is 2. The minimum absolute atomic E-state index is 0.265. The molecule has 6 aromatic rings. The quantitative estimate of drug-likeness (QED) is 0.249. The Hall–Kier alpha value is -4.39. The fourth-order valence-corrected chi connectivity index (χ4v) is 27.6. The van der Waals surface area contributed by atoms with Gasteiger partial charge in [-0.1, -0.05) is 154 Å². The van der Waals surface area contributed by atoms with Gasteiger partial charge in [0.15, 0.2) is 15.2 Å². The van der Waals surface area contributed by atoms with Gasteiger partial charge in [-0.2, -0.15) is 0 Å². The van der Waals surface area contributed by atoms with Gasteiger partial charge in [-0.15, -0.1) is 0 Å². The fourth-order valence-electron chi connectivity index (χ4n) is 7.41. The van der Waals surface area contributed by atoms with E-state index in [1.54, 1.807) is 12.1 Å². The molecule has 0 radical (unpaired) electrons. The van der Waals surface area contributed by atoms with E-state index >= 15 is 8.78 Å². The first-order valence-electron chi connectivity index (χ1n) is 14.3. The van der Waals surface area contributed by atoms with Gasteiger partial charge in [0.1, 0.15) is 11.6 Å². The molecular formula is C38H30F2Si2. The van der Waals surface area contributed by atoms with Gasteiger partial charge < -0.3 is 0 Å². The van der Waals surface area contributed by atoms with E-state index in [1.165, 1.54) is 20.7 Å². The van der Waals surface area contributed by atoms with E-state index < -0.39 is 15.2 Å². The summed E-state index contributed by atoms with van der Waals surface area (Å²) in [4.78, 5) is 0. The van der Waals surface area contributed by atoms with E-state index in [9.17, 15) is 0 Å². The van der Waals surface area contributed by atoms with Crippen LogP contribution < -0.4 is 31.1 Å². The zero-order valence-corrected chi connectivity index (χ0v) is 25.6. The fraction of sp³-hybridized carbons (Fsp3) is 0.0526. The van der Waals surface area contributed by atoms with Crippen molar-refractivity contribution >= 4 is 46.3 Å². The molecule has 42 heavy (non-hydrogen) atoms. The van der Waals surface area contributed by atoms with E-state index in [1.807, 2.05) is 13.8 Å². The summed E-state index contributed by atoms with van der Waals surface area (Å²) in [6.07, 6.45) is 0. The Bertz CT molecular complexity index is 1680. The average Bonchev–Trinajstić information content (AvgIpc) is 3.04. The van der Waals surface area contributed by atoms with Crippen molar-refractivity contribution in [3.63, 3.8) is 0 Å². The number of benzene rings is 6. The maximum Gasteiger partial charge on any atom is 0.155 e. The summed E-state index contributed by atoms with van der Waals surface area (Å²) in [5.41, 5.74) is 2.83. The van der Waals surface area contributed by atoms with E-state index in [0.717, 1.165) is 21.5 Å². The second kappa shape index (κ2) is 10.2. The molecule has 0 bridgehead atoms. The lowest BCUT2D eigenvalue weighted by atomic mass is 10.0. The molecule has 0 spiro atoms. The first-order chi connectivity index (χ1) is 20.5. The molecule has 7 rings (SSSR count). The molecular weight excluding hydrogens is 551 g/mol. The molecule has 204 valence electrons. The van der Waals surface area contributed by atoms with Crippen LogP contribution in [0.25, 0.3) is 11.1 Å². The average molecular weight is 581 g/mol. The molecule has 1 heterocycles. The summed E-state index contributed by atoms with van der Waals surface area (Å²) >= 11 is 0. The minimum Gasteiger partial charge on any atom is -0.207 e. The van der Waals surface area contributed by atoms with Crippen molar-refractivity contribution in [2.75, 3.05) is 0 Å². The molecule has 6 aromatic carbocycles. The predicted octanol–water partition coefficient (Wildman–Crippen LogP) is 5.28. The van der Waals surface area contributed by atoms with Crippen molar-refractivity contribution < 1.29 is 8.78 Å². The predicted molar refractivity (Wildman–Crippen MR) is 176 cm³/mol. The molecule has 0 unspecified atom stereocenters. The lowest BCUT2D eigenvalue weighted by molar-refractivity contribution is 0.617. The Labute approximate surface area is 247 Å². The van der Waals surface area contributed by atoms with Crippen molar-refractivity contribution in [3.8, 4) is 11.1 Å². The molecule has 1 aliphatic heterocycles. The lowest BCUT2D eigenvalue weighted by Gasteiger charge is -2.54. The molecule has 0 aromatic heterocycles. The van der Waals surface area contributed by atoms with E-state index in [0.29, 0.717) is 11.1 Å². The third kappa shape index (κ3) is 3.62. The number of halogens is 2. The van der Waals surface area contributed by atoms with Crippen molar-refractivity contribution in [2.24, 2.45) is 0 Å². The highest BCUT2D eigenvalue weighted by molar-refractivity contribution is 7.68. The molecule has 0 amide bonds. The molecule has 0 saturated carbocycles. The smallest absolute Gasteiger partial charge is 0.155 e. The third-order valence-electron chi connectivity index (χ3n) is 9.09. The highest BCUT2D eigenvalue weighted by Crippen LogP contribution is 2.35. The summed E-state index contributed by atoms with van der Waals surface area (Å²) in [5, 5.41) is 7.39. The van der Waals surface area contributed by atoms with Gasteiger partial charge in [-0.05, 0) is 58.6 Å². The van der Waals surface area contributed by atoms with Crippen LogP contribution in [0.3, 0.4) is 0 Å². The van der Waals surface area contributed by atoms with Crippen LogP contribution >= 0.6 is 0 Å². The van der Waals surface area contributed by atoms with Crippen LogP contribution in [0.2, 0.25) is 0 Å². The molecule has 0 nitrogen and oxygen atoms in total. The number of hydrogen-bond donors (Lipinski definition) is 0. The van der Waals surface area contributed by atoms with Crippen LogP contribution in [-0.4, -0.2) is 15.2 Å². The van der Waals surface area contributed by atoms with Gasteiger partial charge in [0.25, 0.3) is 0 Å². The van der Waals surface area contributed by atoms with Crippen molar-refractivity contribution in [2.45, 2.75) is 13.8 Å². The normalized spacial score (nSPS) is 14.6. The van der Waals surface area contributed by atoms with Gasteiger partial charge in [0.2, 0.25) is 0 Å². The Kier molecular flexibility index (Phi) is 6.41. The summed E-state index contributed by atoms with van der Waals surface area (Å²) in [6, 6.07) is 51.0. The Balaban J connectivity index is 1.86. The zero-order valence-electron chi connectivity index (χ0n) is 23.6. The van der Waals surface area contributed by atoms with E-state index in [4.69, 9.17) is 0 Å². The maximum absolute atomic E-state index is 15.6. The van der Waals surface area contributed by atoms with Gasteiger partial charge in [0, 0.05) is 0 Å². The summed E-state index contributed by atoms with van der Waals surface area (Å²) in [7, 11) is -6.23. The SMILES string of the molecule is Cc1cc2c(cc1F)-c1cc(F)c(C)cc1[Si](c1ccccc1)(c1ccccc1)[Si]2(c1ccccc1)c1ccccc1. The monoisotopic (exact) mass is 580 g/mol. The summed E-state index contributed by atoms with van der Waals surface area (Å²) < 4.78 is 31.2. The molecule has 4 heteroatoms. The second-order valence-electron chi connectivity index (χ2n) is 11.3. The van der Waals surface area contributed by atoms with Crippen molar-refractivity contribution in [3.05, 3.63) is 168 Å².